The van der Waals surface area contributed by atoms with Crippen LogP contribution in [0.3, 0.4) is 0 Å². The van der Waals surface area contributed by atoms with Gasteiger partial charge < -0.3 is 14.4 Å². The number of thiophene rings is 1. The Labute approximate surface area is 133 Å². The maximum absolute atomic E-state index is 12.7. The Morgan fingerprint density at radius 2 is 2.09 bits per heavy atom. The van der Waals surface area contributed by atoms with Gasteiger partial charge in [-0.2, -0.15) is 0 Å². The molecular weight excluding hydrogens is 302 g/mol. The van der Waals surface area contributed by atoms with Crippen LogP contribution in [0.15, 0.2) is 28.0 Å². The number of likely N-dealkylation sites (N-methyl/N-ethyl adjacent to an activating group) is 1. The van der Waals surface area contributed by atoms with Gasteiger partial charge in [-0.15, -0.1) is 11.3 Å². The summed E-state index contributed by atoms with van der Waals surface area (Å²) < 4.78 is 5.43. The highest BCUT2D eigenvalue weighted by atomic mass is 32.1. The van der Waals surface area contributed by atoms with E-state index in [0.717, 1.165) is 4.88 Å². The molecular formula is C16H19NO4S. The number of carbonyl (C=O) groups excluding carboxylic acids is 1. The molecule has 2 aromatic heterocycles. The van der Waals surface area contributed by atoms with E-state index in [0.29, 0.717) is 11.5 Å². The molecule has 1 N–H and O–H groups in total. The molecule has 0 aromatic carbocycles. The quantitative estimate of drug-likeness (QED) is 0.917. The SMILES string of the molecule is Cc1oc(CN(C)C(=O)C(C)(C)c2cccs2)cc1C(=O)O. The summed E-state index contributed by atoms with van der Waals surface area (Å²) in [6.45, 7) is 5.60. The molecule has 0 atom stereocenters. The molecule has 0 aliphatic heterocycles. The van der Waals surface area contributed by atoms with Crippen LogP contribution in [0.2, 0.25) is 0 Å². The topological polar surface area (TPSA) is 70.8 Å². The lowest BCUT2D eigenvalue weighted by Crippen LogP contribution is -2.40. The van der Waals surface area contributed by atoms with Gasteiger partial charge in [0, 0.05) is 11.9 Å². The number of nitrogens with zero attached hydrogens (tertiary/aromatic N) is 1. The second kappa shape index (κ2) is 5.96. The zero-order chi connectivity index (χ0) is 16.5. The summed E-state index contributed by atoms with van der Waals surface area (Å²) in [5, 5.41) is 11.0. The molecule has 2 heterocycles. The van der Waals surface area contributed by atoms with Crippen LogP contribution >= 0.6 is 11.3 Å². The molecule has 0 saturated heterocycles. The third-order valence-electron chi connectivity index (χ3n) is 3.61. The average molecular weight is 321 g/mol. The molecule has 5 nitrogen and oxygen atoms in total. The molecule has 2 aromatic rings. The second-order valence-corrected chi connectivity index (χ2v) is 6.70. The number of hydrogen-bond acceptors (Lipinski definition) is 4. The van der Waals surface area contributed by atoms with E-state index in [9.17, 15) is 9.59 Å². The van der Waals surface area contributed by atoms with Crippen molar-refractivity contribution in [3.63, 3.8) is 0 Å². The second-order valence-electron chi connectivity index (χ2n) is 5.75. The number of carbonyl (C=O) groups is 2. The maximum atomic E-state index is 12.7. The van der Waals surface area contributed by atoms with Gasteiger partial charge >= 0.3 is 5.97 Å². The van der Waals surface area contributed by atoms with Crippen molar-refractivity contribution < 1.29 is 19.1 Å². The predicted molar refractivity (Wildman–Crippen MR) is 84.2 cm³/mol. The minimum absolute atomic E-state index is 0.0409. The fourth-order valence-electron chi connectivity index (χ4n) is 2.36. The van der Waals surface area contributed by atoms with E-state index < -0.39 is 11.4 Å². The van der Waals surface area contributed by atoms with Crippen LogP contribution in [-0.2, 0) is 16.8 Å². The molecule has 2 rings (SSSR count). The van der Waals surface area contributed by atoms with Gasteiger partial charge in [-0.25, -0.2) is 4.79 Å². The smallest absolute Gasteiger partial charge is 0.339 e. The highest BCUT2D eigenvalue weighted by molar-refractivity contribution is 7.10. The highest BCUT2D eigenvalue weighted by Gasteiger charge is 2.33. The number of aromatic carboxylic acids is 1. The van der Waals surface area contributed by atoms with Gasteiger partial charge in [0.05, 0.1) is 12.0 Å². The standard InChI is InChI=1S/C16H19NO4S/c1-10-12(14(18)19)8-11(21-10)9-17(4)15(20)16(2,3)13-6-5-7-22-13/h5-8H,9H2,1-4H3,(H,18,19). The summed E-state index contributed by atoms with van der Waals surface area (Å²) >= 11 is 1.54. The first-order valence-corrected chi connectivity index (χ1v) is 7.73. The van der Waals surface area contributed by atoms with Crippen LogP contribution in [-0.4, -0.2) is 28.9 Å². The van der Waals surface area contributed by atoms with Gasteiger partial charge in [-0.05, 0) is 38.3 Å². The number of furan rings is 1. The van der Waals surface area contributed by atoms with E-state index in [4.69, 9.17) is 9.52 Å². The van der Waals surface area contributed by atoms with Gasteiger partial charge in [0.15, 0.2) is 0 Å². The third kappa shape index (κ3) is 3.06. The van der Waals surface area contributed by atoms with Gasteiger partial charge in [-0.1, -0.05) is 6.07 Å². The number of rotatable bonds is 5. The molecule has 0 fully saturated rings. The minimum atomic E-state index is -1.03. The van der Waals surface area contributed by atoms with Crippen molar-refractivity contribution in [2.24, 2.45) is 0 Å². The molecule has 0 aliphatic rings. The van der Waals surface area contributed by atoms with Crippen molar-refractivity contribution in [3.05, 3.63) is 45.5 Å². The number of carboxylic acids is 1. The molecule has 0 spiro atoms. The third-order valence-corrected chi connectivity index (χ3v) is 4.80. The Morgan fingerprint density at radius 3 is 2.59 bits per heavy atom. The van der Waals surface area contributed by atoms with E-state index in [1.54, 1.807) is 30.2 Å². The van der Waals surface area contributed by atoms with Crippen molar-refractivity contribution in [1.82, 2.24) is 4.90 Å². The molecule has 0 aliphatic carbocycles. The first-order valence-electron chi connectivity index (χ1n) is 6.85. The summed E-state index contributed by atoms with van der Waals surface area (Å²) in [5.41, 5.74) is -0.492. The van der Waals surface area contributed by atoms with Gasteiger partial charge in [0.2, 0.25) is 5.91 Å². The Balaban J connectivity index is 2.15. The molecule has 6 heteroatoms. The molecule has 22 heavy (non-hydrogen) atoms. The lowest BCUT2D eigenvalue weighted by atomic mass is 9.89. The zero-order valence-electron chi connectivity index (χ0n) is 13.0. The summed E-state index contributed by atoms with van der Waals surface area (Å²) in [7, 11) is 1.69. The van der Waals surface area contributed by atoms with E-state index >= 15 is 0 Å². The number of hydrogen-bond donors (Lipinski definition) is 1. The van der Waals surface area contributed by atoms with Gasteiger partial charge in [-0.3, -0.25) is 4.79 Å². The lowest BCUT2D eigenvalue weighted by molar-refractivity contribution is -0.135. The summed E-state index contributed by atoms with van der Waals surface area (Å²) in [6.07, 6.45) is 0. The average Bonchev–Trinajstić information content (AvgIpc) is 3.07. The number of aryl methyl sites for hydroxylation is 1. The normalized spacial score (nSPS) is 11.5. The number of carboxylic acid groups (broad SMARTS) is 1. The van der Waals surface area contributed by atoms with Crippen LogP contribution in [0, 0.1) is 6.92 Å². The van der Waals surface area contributed by atoms with Crippen LogP contribution in [0.5, 0.6) is 0 Å². The van der Waals surface area contributed by atoms with Crippen LogP contribution in [0.1, 0.15) is 40.6 Å². The summed E-state index contributed by atoms with van der Waals surface area (Å²) in [5.74, 6) is -0.255. The fourth-order valence-corrected chi connectivity index (χ4v) is 3.20. The van der Waals surface area contributed by atoms with E-state index in [1.165, 1.54) is 6.07 Å². The zero-order valence-corrected chi connectivity index (χ0v) is 13.9. The molecule has 0 saturated carbocycles. The Hall–Kier alpha value is -2.08. The Morgan fingerprint density at radius 1 is 1.41 bits per heavy atom. The van der Waals surface area contributed by atoms with Crippen molar-refractivity contribution in [3.8, 4) is 0 Å². The minimum Gasteiger partial charge on any atom is -0.478 e. The van der Waals surface area contributed by atoms with Crippen molar-refractivity contribution in [2.45, 2.75) is 32.7 Å². The fraction of sp³-hybridized carbons (Fsp3) is 0.375. The van der Waals surface area contributed by atoms with E-state index in [1.807, 2.05) is 31.4 Å². The van der Waals surface area contributed by atoms with Crippen molar-refractivity contribution in [2.75, 3.05) is 7.05 Å². The van der Waals surface area contributed by atoms with Crippen molar-refractivity contribution in [1.29, 1.82) is 0 Å². The highest BCUT2D eigenvalue weighted by Crippen LogP contribution is 2.30. The molecule has 0 radical (unpaired) electrons. The van der Waals surface area contributed by atoms with E-state index in [2.05, 4.69) is 0 Å². The van der Waals surface area contributed by atoms with Gasteiger partial charge in [0.25, 0.3) is 0 Å². The number of amides is 1. The van der Waals surface area contributed by atoms with Crippen LogP contribution in [0.25, 0.3) is 0 Å². The Bertz CT molecular complexity index is 685. The molecule has 118 valence electrons. The van der Waals surface area contributed by atoms with Crippen LogP contribution in [0.4, 0.5) is 0 Å². The summed E-state index contributed by atoms with van der Waals surface area (Å²) in [4.78, 5) is 26.2. The van der Waals surface area contributed by atoms with Gasteiger partial charge in [0.1, 0.15) is 17.1 Å². The molecule has 0 unspecified atom stereocenters. The van der Waals surface area contributed by atoms with Crippen LogP contribution < -0.4 is 0 Å². The molecule has 1 amide bonds. The molecule has 0 bridgehead atoms. The first-order chi connectivity index (χ1) is 10.2. The first kappa shape index (κ1) is 16.3. The van der Waals surface area contributed by atoms with Crippen molar-refractivity contribution >= 4 is 23.2 Å². The lowest BCUT2D eigenvalue weighted by Gasteiger charge is -2.28. The Kier molecular flexibility index (Phi) is 4.42. The maximum Gasteiger partial charge on any atom is 0.339 e. The predicted octanol–water partition coefficient (Wildman–Crippen LogP) is 3.28. The van der Waals surface area contributed by atoms with E-state index in [-0.39, 0.29) is 18.0 Å². The largest absolute Gasteiger partial charge is 0.478 e. The summed E-state index contributed by atoms with van der Waals surface area (Å²) in [6, 6.07) is 5.33. The monoisotopic (exact) mass is 321 g/mol.